The van der Waals surface area contributed by atoms with Crippen LogP contribution in [0.3, 0.4) is 0 Å². The second kappa shape index (κ2) is 10.2. The lowest BCUT2D eigenvalue weighted by atomic mass is 10.0. The minimum atomic E-state index is -0.117. The van der Waals surface area contributed by atoms with Gasteiger partial charge in [0.15, 0.2) is 5.13 Å². The average Bonchev–Trinajstić information content (AvgIpc) is 3.25. The largest absolute Gasteiger partial charge is 0.496 e. The first-order valence-corrected chi connectivity index (χ1v) is 11.9. The van der Waals surface area contributed by atoms with Crippen LogP contribution in [-0.4, -0.2) is 56.7 Å². The summed E-state index contributed by atoms with van der Waals surface area (Å²) in [5.41, 5.74) is 1.32. The molecule has 0 aliphatic carbocycles. The highest BCUT2D eigenvalue weighted by Gasteiger charge is 2.25. The van der Waals surface area contributed by atoms with Crippen molar-refractivity contribution >= 4 is 43.4 Å². The fourth-order valence-electron chi connectivity index (χ4n) is 3.83. The topological polar surface area (TPSA) is 54.9 Å². The van der Waals surface area contributed by atoms with E-state index in [4.69, 9.17) is 14.5 Å². The lowest BCUT2D eigenvalue weighted by Crippen LogP contribution is -2.33. The van der Waals surface area contributed by atoms with Crippen molar-refractivity contribution in [1.29, 1.82) is 0 Å². The number of hydrogen-bond acceptors (Lipinski definition) is 6. The Morgan fingerprint density at radius 3 is 2.45 bits per heavy atom. The molecule has 0 saturated carbocycles. The van der Waals surface area contributed by atoms with Gasteiger partial charge in [0.25, 0.3) is 5.91 Å². The number of methoxy groups -OCH3 is 1. The molecule has 0 atom stereocenters. The predicted molar refractivity (Wildman–Crippen MR) is 136 cm³/mol. The molecule has 1 aromatic heterocycles. The second-order valence-corrected chi connectivity index (χ2v) is 9.05. The van der Waals surface area contributed by atoms with Crippen LogP contribution in [0.4, 0.5) is 5.13 Å². The van der Waals surface area contributed by atoms with E-state index in [0.29, 0.717) is 29.6 Å². The van der Waals surface area contributed by atoms with E-state index in [1.54, 1.807) is 12.0 Å². The number of ether oxygens (including phenoxy) is 2. The van der Waals surface area contributed by atoms with Crippen LogP contribution >= 0.6 is 11.3 Å². The minimum Gasteiger partial charge on any atom is -0.496 e. The van der Waals surface area contributed by atoms with Crippen LogP contribution in [-0.2, 0) is 0 Å². The number of aromatic nitrogens is 1. The van der Waals surface area contributed by atoms with Gasteiger partial charge in [-0.15, -0.1) is 0 Å². The lowest BCUT2D eigenvalue weighted by molar-refractivity contribution is 0.0983. The van der Waals surface area contributed by atoms with Crippen molar-refractivity contribution < 1.29 is 14.3 Å². The number of amides is 1. The molecular formula is C26H29N3O3S. The first-order valence-electron chi connectivity index (χ1n) is 11.1. The molecule has 1 amide bonds. The van der Waals surface area contributed by atoms with Gasteiger partial charge in [-0.05, 0) is 69.0 Å². The van der Waals surface area contributed by atoms with Crippen LogP contribution in [0.1, 0.15) is 23.7 Å². The molecule has 4 aromatic rings. The maximum absolute atomic E-state index is 13.9. The number of thiazole rings is 1. The molecule has 33 heavy (non-hydrogen) atoms. The molecule has 7 heteroatoms. The van der Waals surface area contributed by atoms with Crippen molar-refractivity contribution in [3.05, 3.63) is 60.2 Å². The number of anilines is 1. The molecule has 0 N–H and O–H groups in total. The average molecular weight is 464 g/mol. The van der Waals surface area contributed by atoms with Gasteiger partial charge in [0.2, 0.25) is 0 Å². The van der Waals surface area contributed by atoms with E-state index in [1.807, 2.05) is 75.6 Å². The number of carbonyl (C=O) groups excluding carboxylic acids is 1. The molecule has 0 unspecified atom stereocenters. The number of fused-ring (bicyclic) bond motifs is 2. The Labute approximate surface area is 198 Å². The Morgan fingerprint density at radius 1 is 1.00 bits per heavy atom. The van der Waals surface area contributed by atoms with Gasteiger partial charge in [-0.3, -0.25) is 9.69 Å². The molecule has 0 aliphatic heterocycles. The van der Waals surface area contributed by atoms with Gasteiger partial charge in [-0.25, -0.2) is 4.98 Å². The monoisotopic (exact) mass is 463 g/mol. The van der Waals surface area contributed by atoms with Crippen LogP contribution in [0.25, 0.3) is 21.0 Å². The third kappa shape index (κ3) is 4.94. The summed E-state index contributed by atoms with van der Waals surface area (Å²) in [5, 5.41) is 2.69. The molecule has 0 aliphatic rings. The van der Waals surface area contributed by atoms with Crippen molar-refractivity contribution in [2.45, 2.75) is 13.3 Å². The highest BCUT2D eigenvalue weighted by Crippen LogP contribution is 2.36. The molecule has 0 fully saturated rings. The van der Waals surface area contributed by atoms with Crippen molar-refractivity contribution in [1.82, 2.24) is 9.88 Å². The number of benzene rings is 3. The van der Waals surface area contributed by atoms with E-state index < -0.39 is 0 Å². The number of nitrogens with zero attached hydrogens (tertiary/aromatic N) is 3. The third-order valence-corrected chi connectivity index (χ3v) is 6.48. The number of rotatable bonds is 9. The maximum Gasteiger partial charge on any atom is 0.263 e. The number of carbonyl (C=O) groups is 1. The molecule has 0 bridgehead atoms. The van der Waals surface area contributed by atoms with Crippen LogP contribution < -0.4 is 14.4 Å². The Kier molecular flexibility index (Phi) is 7.11. The third-order valence-electron chi connectivity index (χ3n) is 5.43. The summed E-state index contributed by atoms with van der Waals surface area (Å²) in [6.45, 7) is 3.94. The SMILES string of the molecule is CCOc1cccc2sc(N(CCCN(C)C)C(=O)c3cc4ccccc4cc3OC)nc12. The summed E-state index contributed by atoms with van der Waals surface area (Å²) in [4.78, 5) is 22.6. The summed E-state index contributed by atoms with van der Waals surface area (Å²) in [6.07, 6.45) is 0.822. The molecule has 3 aromatic carbocycles. The first-order chi connectivity index (χ1) is 16.0. The quantitative estimate of drug-likeness (QED) is 0.330. The molecule has 0 spiro atoms. The highest BCUT2D eigenvalue weighted by molar-refractivity contribution is 7.22. The lowest BCUT2D eigenvalue weighted by Gasteiger charge is -2.22. The van der Waals surface area contributed by atoms with Gasteiger partial charge in [0.1, 0.15) is 17.0 Å². The summed E-state index contributed by atoms with van der Waals surface area (Å²) < 4.78 is 12.4. The molecule has 4 rings (SSSR count). The predicted octanol–water partition coefficient (Wildman–Crippen LogP) is 5.46. The summed E-state index contributed by atoms with van der Waals surface area (Å²) in [6, 6.07) is 17.7. The van der Waals surface area contributed by atoms with Crippen molar-refractivity contribution in [3.8, 4) is 11.5 Å². The fraction of sp³-hybridized carbons (Fsp3) is 0.308. The second-order valence-electron chi connectivity index (χ2n) is 8.05. The molecular weight excluding hydrogens is 434 g/mol. The number of hydrogen-bond donors (Lipinski definition) is 0. The Balaban J connectivity index is 1.77. The van der Waals surface area contributed by atoms with E-state index >= 15 is 0 Å². The van der Waals surface area contributed by atoms with Crippen molar-refractivity contribution in [2.75, 3.05) is 45.8 Å². The van der Waals surface area contributed by atoms with Gasteiger partial charge in [0.05, 0.1) is 24.0 Å². The van der Waals surface area contributed by atoms with E-state index in [0.717, 1.165) is 39.7 Å². The molecule has 1 heterocycles. The van der Waals surface area contributed by atoms with Crippen molar-refractivity contribution in [3.63, 3.8) is 0 Å². The summed E-state index contributed by atoms with van der Waals surface area (Å²) in [7, 11) is 5.67. The van der Waals surface area contributed by atoms with Crippen LogP contribution in [0.15, 0.2) is 54.6 Å². The maximum atomic E-state index is 13.9. The Hall–Kier alpha value is -3.16. The highest BCUT2D eigenvalue weighted by atomic mass is 32.1. The number of para-hydroxylation sites is 1. The molecule has 0 radical (unpaired) electrons. The zero-order valence-electron chi connectivity index (χ0n) is 19.5. The van der Waals surface area contributed by atoms with E-state index in [-0.39, 0.29) is 5.91 Å². The standard InChI is InChI=1S/C26H29N3O3S/c1-5-32-21-12-8-13-23-24(21)27-26(33-23)29(15-9-14-28(2)3)25(30)20-16-18-10-6-7-11-19(18)17-22(20)31-4/h6-8,10-13,16-17H,5,9,14-15H2,1-4H3. The Morgan fingerprint density at radius 2 is 1.76 bits per heavy atom. The minimum absolute atomic E-state index is 0.117. The van der Waals surface area contributed by atoms with Gasteiger partial charge >= 0.3 is 0 Å². The Bertz CT molecular complexity index is 1270. The van der Waals surface area contributed by atoms with Gasteiger partial charge in [-0.2, -0.15) is 0 Å². The van der Waals surface area contributed by atoms with Crippen molar-refractivity contribution in [2.24, 2.45) is 0 Å². The van der Waals surface area contributed by atoms with Crippen LogP contribution in [0.2, 0.25) is 0 Å². The van der Waals surface area contributed by atoms with Gasteiger partial charge < -0.3 is 14.4 Å². The van der Waals surface area contributed by atoms with E-state index in [9.17, 15) is 4.79 Å². The summed E-state index contributed by atoms with van der Waals surface area (Å²) in [5.74, 6) is 1.18. The van der Waals surface area contributed by atoms with Gasteiger partial charge in [-0.1, -0.05) is 41.7 Å². The fourth-order valence-corrected chi connectivity index (χ4v) is 4.84. The normalized spacial score (nSPS) is 11.3. The van der Waals surface area contributed by atoms with Crippen LogP contribution in [0, 0.1) is 0 Å². The molecule has 0 saturated heterocycles. The van der Waals surface area contributed by atoms with Gasteiger partial charge in [0, 0.05) is 6.54 Å². The molecule has 172 valence electrons. The van der Waals surface area contributed by atoms with E-state index in [2.05, 4.69) is 4.90 Å². The zero-order valence-corrected chi connectivity index (χ0v) is 20.3. The molecule has 6 nitrogen and oxygen atoms in total. The summed E-state index contributed by atoms with van der Waals surface area (Å²) >= 11 is 1.50. The van der Waals surface area contributed by atoms with Crippen LogP contribution in [0.5, 0.6) is 11.5 Å². The first kappa shape index (κ1) is 23.0. The van der Waals surface area contributed by atoms with E-state index in [1.165, 1.54) is 11.3 Å². The smallest absolute Gasteiger partial charge is 0.263 e. The zero-order chi connectivity index (χ0) is 23.4.